The molecular weight excluding hydrogens is 397 g/mol. The highest BCUT2D eigenvalue weighted by molar-refractivity contribution is 6.35. The minimum absolute atomic E-state index is 0.113. The molecule has 6 heteroatoms. The number of piperidine rings is 1. The average Bonchev–Trinajstić information content (AvgIpc) is 2.65. The summed E-state index contributed by atoms with van der Waals surface area (Å²) in [5, 5.41) is 0.864. The van der Waals surface area contributed by atoms with Crippen LogP contribution in [0.1, 0.15) is 51.1 Å². The fraction of sp³-hybridized carbons (Fsp3) is 0.364. The quantitative estimate of drug-likeness (QED) is 0.636. The Balaban J connectivity index is 1.52. The fourth-order valence-corrected chi connectivity index (χ4v) is 4.35. The SMILES string of the molecule is Cc1cc2c(cc1C)C(=O)CC1(CCN(C(=O)c3cc(Cl)ccc3Cl)CC1)O2. The molecule has 0 atom stereocenters. The smallest absolute Gasteiger partial charge is 0.255 e. The number of halogens is 2. The molecule has 2 heterocycles. The molecule has 0 bridgehead atoms. The number of carbonyl (C=O) groups is 2. The van der Waals surface area contributed by atoms with Crippen molar-refractivity contribution in [2.24, 2.45) is 0 Å². The van der Waals surface area contributed by atoms with Crippen molar-refractivity contribution in [2.75, 3.05) is 13.1 Å². The molecule has 2 aliphatic heterocycles. The number of aryl methyl sites for hydroxylation is 2. The predicted molar refractivity (Wildman–Crippen MR) is 110 cm³/mol. The van der Waals surface area contributed by atoms with E-state index in [9.17, 15) is 9.59 Å². The summed E-state index contributed by atoms with van der Waals surface area (Å²) in [6, 6.07) is 8.76. The van der Waals surface area contributed by atoms with Crippen molar-refractivity contribution in [1.82, 2.24) is 4.90 Å². The van der Waals surface area contributed by atoms with Gasteiger partial charge in [0.25, 0.3) is 5.91 Å². The summed E-state index contributed by atoms with van der Waals surface area (Å²) in [6.07, 6.45) is 1.56. The molecule has 2 aliphatic rings. The summed E-state index contributed by atoms with van der Waals surface area (Å²) >= 11 is 12.2. The van der Waals surface area contributed by atoms with Gasteiger partial charge >= 0.3 is 0 Å². The van der Waals surface area contributed by atoms with Gasteiger partial charge in [-0.1, -0.05) is 23.2 Å². The molecule has 2 aromatic rings. The Morgan fingerprint density at radius 1 is 1.07 bits per heavy atom. The van der Waals surface area contributed by atoms with Gasteiger partial charge < -0.3 is 9.64 Å². The number of amides is 1. The van der Waals surface area contributed by atoms with Gasteiger partial charge in [-0.25, -0.2) is 0 Å². The number of hydrogen-bond donors (Lipinski definition) is 0. The normalized spacial score (nSPS) is 18.0. The molecule has 1 spiro atoms. The first kappa shape index (κ1) is 19.3. The second-order valence-corrected chi connectivity index (χ2v) is 8.58. The number of likely N-dealkylation sites (tertiary alicyclic amines) is 1. The molecule has 0 radical (unpaired) electrons. The van der Waals surface area contributed by atoms with Crippen LogP contribution in [0, 0.1) is 13.8 Å². The van der Waals surface area contributed by atoms with Gasteiger partial charge in [-0.2, -0.15) is 0 Å². The first-order chi connectivity index (χ1) is 13.3. The first-order valence-corrected chi connectivity index (χ1v) is 10.1. The highest BCUT2D eigenvalue weighted by Gasteiger charge is 2.44. The van der Waals surface area contributed by atoms with E-state index in [1.165, 1.54) is 0 Å². The van der Waals surface area contributed by atoms with Gasteiger partial charge in [0.2, 0.25) is 0 Å². The molecule has 0 aromatic heterocycles. The maximum Gasteiger partial charge on any atom is 0.255 e. The van der Waals surface area contributed by atoms with Crippen molar-refractivity contribution >= 4 is 34.9 Å². The fourth-order valence-electron chi connectivity index (χ4n) is 3.98. The third kappa shape index (κ3) is 3.40. The Morgan fingerprint density at radius 3 is 2.46 bits per heavy atom. The average molecular weight is 418 g/mol. The Hall–Kier alpha value is -2.04. The summed E-state index contributed by atoms with van der Waals surface area (Å²) < 4.78 is 6.34. The minimum Gasteiger partial charge on any atom is -0.486 e. The highest BCUT2D eigenvalue weighted by atomic mass is 35.5. The van der Waals surface area contributed by atoms with E-state index in [0.717, 1.165) is 11.1 Å². The largest absolute Gasteiger partial charge is 0.486 e. The predicted octanol–water partition coefficient (Wildman–Crippen LogP) is 5.25. The summed E-state index contributed by atoms with van der Waals surface area (Å²) in [6.45, 7) is 5.03. The number of hydrogen-bond acceptors (Lipinski definition) is 3. The molecule has 4 rings (SSSR count). The second kappa shape index (κ2) is 7.09. The van der Waals surface area contributed by atoms with E-state index in [2.05, 4.69) is 0 Å². The lowest BCUT2D eigenvalue weighted by Gasteiger charge is -2.44. The number of nitrogens with zero attached hydrogens (tertiary/aromatic N) is 1. The van der Waals surface area contributed by atoms with E-state index in [4.69, 9.17) is 27.9 Å². The molecule has 28 heavy (non-hydrogen) atoms. The third-order valence-electron chi connectivity index (χ3n) is 5.83. The lowest BCUT2D eigenvalue weighted by Crippen LogP contribution is -2.52. The van der Waals surface area contributed by atoms with Gasteiger partial charge in [0.05, 0.1) is 22.6 Å². The number of Topliss-reactive ketones (excluding diaryl/α,β-unsaturated/α-hetero) is 1. The van der Waals surface area contributed by atoms with Crippen LogP contribution in [0.4, 0.5) is 0 Å². The molecule has 0 unspecified atom stereocenters. The maximum atomic E-state index is 12.9. The summed E-state index contributed by atoms with van der Waals surface area (Å²) in [5.41, 5.74) is 2.72. The van der Waals surface area contributed by atoms with E-state index < -0.39 is 5.60 Å². The Morgan fingerprint density at radius 2 is 1.75 bits per heavy atom. The number of rotatable bonds is 1. The molecule has 1 amide bonds. The first-order valence-electron chi connectivity index (χ1n) is 9.36. The van der Waals surface area contributed by atoms with Gasteiger partial charge in [-0.3, -0.25) is 9.59 Å². The topological polar surface area (TPSA) is 46.6 Å². The summed E-state index contributed by atoms with van der Waals surface area (Å²) in [4.78, 5) is 27.4. The van der Waals surface area contributed by atoms with Crippen molar-refractivity contribution < 1.29 is 14.3 Å². The van der Waals surface area contributed by atoms with Crippen LogP contribution in [0.15, 0.2) is 30.3 Å². The monoisotopic (exact) mass is 417 g/mol. The second-order valence-electron chi connectivity index (χ2n) is 7.73. The van der Waals surface area contributed by atoms with E-state index in [-0.39, 0.29) is 11.7 Å². The summed E-state index contributed by atoms with van der Waals surface area (Å²) in [5.74, 6) is 0.635. The standard InChI is InChI=1S/C22H21Cl2NO3/c1-13-9-17-19(26)12-22(28-20(17)10-14(13)2)5-7-25(8-6-22)21(27)16-11-15(23)3-4-18(16)24/h3-4,9-11H,5-8,12H2,1-2H3. The zero-order chi connectivity index (χ0) is 20.1. The van der Waals surface area contributed by atoms with Gasteiger partial charge in [0.15, 0.2) is 5.78 Å². The maximum absolute atomic E-state index is 12.9. The van der Waals surface area contributed by atoms with E-state index in [1.54, 1.807) is 23.1 Å². The van der Waals surface area contributed by atoms with Crippen LogP contribution in [0.2, 0.25) is 10.0 Å². The molecular formula is C22H21Cl2NO3. The van der Waals surface area contributed by atoms with Gasteiger partial charge in [-0.15, -0.1) is 0 Å². The van der Waals surface area contributed by atoms with E-state index in [1.807, 2.05) is 26.0 Å². The number of ketones is 1. The van der Waals surface area contributed by atoms with Crippen LogP contribution in [0.3, 0.4) is 0 Å². The van der Waals surface area contributed by atoms with E-state index in [0.29, 0.717) is 59.3 Å². The van der Waals surface area contributed by atoms with Gasteiger partial charge in [-0.05, 0) is 55.3 Å². The number of fused-ring (bicyclic) bond motifs is 1. The molecule has 0 saturated carbocycles. The Labute approximate surface area is 174 Å². The summed E-state index contributed by atoms with van der Waals surface area (Å²) in [7, 11) is 0. The van der Waals surface area contributed by atoms with E-state index >= 15 is 0 Å². The van der Waals surface area contributed by atoms with Crippen molar-refractivity contribution in [1.29, 1.82) is 0 Å². The Bertz CT molecular complexity index is 978. The van der Waals surface area contributed by atoms with Crippen LogP contribution >= 0.6 is 23.2 Å². The molecule has 1 fully saturated rings. The van der Waals surface area contributed by atoms with Crippen LogP contribution in [0.25, 0.3) is 0 Å². The van der Waals surface area contributed by atoms with Crippen molar-refractivity contribution in [3.8, 4) is 5.75 Å². The van der Waals surface area contributed by atoms with Crippen LogP contribution in [0.5, 0.6) is 5.75 Å². The lowest BCUT2D eigenvalue weighted by atomic mass is 9.81. The lowest BCUT2D eigenvalue weighted by molar-refractivity contribution is -0.00574. The minimum atomic E-state index is -0.541. The van der Waals surface area contributed by atoms with Crippen LogP contribution < -0.4 is 4.74 Å². The number of benzene rings is 2. The molecule has 2 aromatic carbocycles. The zero-order valence-corrected chi connectivity index (χ0v) is 17.4. The highest BCUT2D eigenvalue weighted by Crippen LogP contribution is 2.40. The molecule has 4 nitrogen and oxygen atoms in total. The molecule has 0 aliphatic carbocycles. The third-order valence-corrected chi connectivity index (χ3v) is 6.39. The molecule has 146 valence electrons. The van der Waals surface area contributed by atoms with Crippen LogP contribution in [-0.4, -0.2) is 35.3 Å². The van der Waals surface area contributed by atoms with Crippen LogP contribution in [-0.2, 0) is 0 Å². The number of ether oxygens (including phenoxy) is 1. The van der Waals surface area contributed by atoms with Gasteiger partial charge in [0.1, 0.15) is 11.4 Å². The van der Waals surface area contributed by atoms with Crippen molar-refractivity contribution in [3.63, 3.8) is 0 Å². The molecule has 1 saturated heterocycles. The van der Waals surface area contributed by atoms with Crippen molar-refractivity contribution in [3.05, 3.63) is 62.6 Å². The number of carbonyl (C=O) groups excluding carboxylic acids is 2. The van der Waals surface area contributed by atoms with Crippen molar-refractivity contribution in [2.45, 2.75) is 38.7 Å². The Kier molecular flexibility index (Phi) is 4.88. The zero-order valence-electron chi connectivity index (χ0n) is 15.9. The van der Waals surface area contributed by atoms with Gasteiger partial charge in [0, 0.05) is 31.0 Å². The molecule has 0 N–H and O–H groups in total.